The van der Waals surface area contributed by atoms with Gasteiger partial charge in [0.25, 0.3) is 5.56 Å². The topological polar surface area (TPSA) is 73.5 Å². The first-order chi connectivity index (χ1) is 14.7. The van der Waals surface area contributed by atoms with Crippen molar-refractivity contribution in [1.29, 1.82) is 5.26 Å². The molecule has 6 heteroatoms. The van der Waals surface area contributed by atoms with Crippen LogP contribution in [0.15, 0.2) is 29.1 Å². The minimum absolute atomic E-state index is 0.0366. The highest BCUT2D eigenvalue weighted by Crippen LogP contribution is 2.35. The Labute approximate surface area is 177 Å². The highest BCUT2D eigenvalue weighted by Gasteiger charge is 2.23. The van der Waals surface area contributed by atoms with Crippen molar-refractivity contribution in [3.05, 3.63) is 51.3 Å². The van der Waals surface area contributed by atoms with Gasteiger partial charge in [-0.25, -0.2) is 0 Å². The van der Waals surface area contributed by atoms with Crippen molar-refractivity contribution in [2.24, 2.45) is 0 Å². The zero-order chi connectivity index (χ0) is 20.9. The lowest BCUT2D eigenvalue weighted by atomic mass is 9.89. The van der Waals surface area contributed by atoms with E-state index in [0.717, 1.165) is 48.9 Å². The van der Waals surface area contributed by atoms with Crippen molar-refractivity contribution in [2.75, 3.05) is 26.4 Å². The van der Waals surface area contributed by atoms with Gasteiger partial charge in [-0.1, -0.05) is 6.92 Å². The number of hydrogen-bond donors (Lipinski definition) is 0. The molecule has 0 saturated carbocycles. The van der Waals surface area contributed by atoms with Gasteiger partial charge in [0.2, 0.25) is 0 Å². The summed E-state index contributed by atoms with van der Waals surface area (Å²) in [6.45, 7) is 4.87. The fraction of sp³-hybridized carbons (Fsp3) is 0.500. The zero-order valence-corrected chi connectivity index (χ0v) is 17.5. The van der Waals surface area contributed by atoms with Crippen molar-refractivity contribution in [3.8, 4) is 23.1 Å². The van der Waals surface area contributed by atoms with Crippen LogP contribution < -0.4 is 10.3 Å². The van der Waals surface area contributed by atoms with Crippen molar-refractivity contribution in [3.63, 3.8) is 0 Å². The maximum Gasteiger partial charge on any atom is 0.251 e. The molecule has 0 bridgehead atoms. The molecular weight excluding hydrogens is 380 g/mol. The summed E-state index contributed by atoms with van der Waals surface area (Å²) in [5.74, 6) is 0.704. The Kier molecular flexibility index (Phi) is 6.51. The van der Waals surface area contributed by atoms with Crippen LogP contribution in [0.1, 0.15) is 36.5 Å². The summed E-state index contributed by atoms with van der Waals surface area (Å²) in [6.07, 6.45) is 4.60. The van der Waals surface area contributed by atoms with Crippen LogP contribution in [0.4, 0.5) is 0 Å². The standard InChI is InChI=1S/C24H28N2O4/c1-2-21-17(4-3-5-20-16-28-12-13-30-20)15-23(27)26-10-8-18-14-19(29-11-9-25)6-7-22(18)24(21)26/h6-7,14-15,20H,2-5,8,10-13,16H2,1H3/t20-/m1/s1. The molecule has 2 aliphatic heterocycles. The molecule has 30 heavy (non-hydrogen) atoms. The summed E-state index contributed by atoms with van der Waals surface area (Å²) in [6, 6.07) is 9.76. The lowest BCUT2D eigenvalue weighted by molar-refractivity contribution is -0.0910. The normalized spacial score (nSPS) is 17.7. The number of benzene rings is 1. The fourth-order valence-corrected chi connectivity index (χ4v) is 4.56. The molecule has 0 spiro atoms. The molecule has 1 aromatic carbocycles. The van der Waals surface area contributed by atoms with Gasteiger partial charge in [0.1, 0.15) is 11.8 Å². The van der Waals surface area contributed by atoms with Crippen molar-refractivity contribution < 1.29 is 14.2 Å². The Morgan fingerprint density at radius 3 is 2.97 bits per heavy atom. The molecule has 2 aliphatic rings. The second-order valence-corrected chi connectivity index (χ2v) is 7.82. The smallest absolute Gasteiger partial charge is 0.251 e. The lowest BCUT2D eigenvalue weighted by Crippen LogP contribution is -2.29. The van der Waals surface area contributed by atoms with Gasteiger partial charge in [0, 0.05) is 18.2 Å². The predicted molar refractivity (Wildman–Crippen MR) is 114 cm³/mol. The summed E-state index contributed by atoms with van der Waals surface area (Å²) in [5.41, 5.74) is 5.79. The number of nitriles is 1. The van der Waals surface area contributed by atoms with E-state index >= 15 is 0 Å². The molecule has 0 unspecified atom stereocenters. The zero-order valence-electron chi connectivity index (χ0n) is 17.5. The molecule has 158 valence electrons. The molecule has 1 fully saturated rings. The van der Waals surface area contributed by atoms with Crippen LogP contribution >= 0.6 is 0 Å². The van der Waals surface area contributed by atoms with Crippen LogP contribution in [-0.4, -0.2) is 37.1 Å². The van der Waals surface area contributed by atoms with Crippen LogP contribution in [0.3, 0.4) is 0 Å². The summed E-state index contributed by atoms with van der Waals surface area (Å²) >= 11 is 0. The highest BCUT2D eigenvalue weighted by atomic mass is 16.6. The highest BCUT2D eigenvalue weighted by molar-refractivity contribution is 5.71. The first-order valence-corrected chi connectivity index (χ1v) is 10.8. The third-order valence-electron chi connectivity index (χ3n) is 5.96. The Morgan fingerprint density at radius 2 is 2.20 bits per heavy atom. The molecule has 1 atom stereocenters. The number of nitrogens with zero attached hydrogens (tertiary/aromatic N) is 2. The van der Waals surface area contributed by atoms with E-state index in [1.807, 2.05) is 34.9 Å². The number of pyridine rings is 1. The molecule has 0 N–H and O–H groups in total. The molecule has 0 radical (unpaired) electrons. The van der Waals surface area contributed by atoms with E-state index in [9.17, 15) is 4.79 Å². The van der Waals surface area contributed by atoms with Gasteiger partial charge in [-0.3, -0.25) is 4.79 Å². The molecule has 1 saturated heterocycles. The summed E-state index contributed by atoms with van der Waals surface area (Å²) in [7, 11) is 0. The van der Waals surface area contributed by atoms with E-state index in [4.69, 9.17) is 19.5 Å². The minimum atomic E-state index is 0.0366. The van der Waals surface area contributed by atoms with E-state index in [1.165, 1.54) is 11.1 Å². The third kappa shape index (κ3) is 4.28. The first-order valence-electron chi connectivity index (χ1n) is 10.8. The second-order valence-electron chi connectivity index (χ2n) is 7.82. The maximum absolute atomic E-state index is 12.9. The monoisotopic (exact) mass is 408 g/mol. The SMILES string of the molecule is CCc1c(CCC[C@@H]2COCCO2)cc(=O)n2c1-c1ccc(OCC#N)cc1CC2. The van der Waals surface area contributed by atoms with Gasteiger partial charge >= 0.3 is 0 Å². The number of rotatable bonds is 7. The molecular formula is C24H28N2O4. The summed E-state index contributed by atoms with van der Waals surface area (Å²) < 4.78 is 18.6. The number of ether oxygens (including phenoxy) is 3. The number of aromatic nitrogens is 1. The molecule has 6 nitrogen and oxygen atoms in total. The minimum Gasteiger partial charge on any atom is -0.479 e. The average Bonchev–Trinajstić information content (AvgIpc) is 2.78. The summed E-state index contributed by atoms with van der Waals surface area (Å²) in [4.78, 5) is 12.9. The van der Waals surface area contributed by atoms with Crippen molar-refractivity contribution >= 4 is 0 Å². The first kappa shape index (κ1) is 20.6. The number of aryl methyl sites for hydroxylation is 2. The Bertz CT molecular complexity index is 999. The summed E-state index contributed by atoms with van der Waals surface area (Å²) in [5, 5.41) is 8.75. The van der Waals surface area contributed by atoms with Gasteiger partial charge in [0.05, 0.1) is 31.6 Å². The fourth-order valence-electron chi connectivity index (χ4n) is 4.56. The lowest BCUT2D eigenvalue weighted by Gasteiger charge is -2.27. The predicted octanol–water partition coefficient (Wildman–Crippen LogP) is 3.27. The molecule has 3 heterocycles. The largest absolute Gasteiger partial charge is 0.479 e. The van der Waals surface area contributed by atoms with Gasteiger partial charge < -0.3 is 18.8 Å². The van der Waals surface area contributed by atoms with Crippen LogP contribution in [0.25, 0.3) is 11.3 Å². The van der Waals surface area contributed by atoms with E-state index < -0.39 is 0 Å². The molecule has 2 aromatic rings. The molecule has 1 aromatic heterocycles. The van der Waals surface area contributed by atoms with Crippen LogP contribution in [0.2, 0.25) is 0 Å². The van der Waals surface area contributed by atoms with Crippen molar-refractivity contribution in [1.82, 2.24) is 4.57 Å². The third-order valence-corrected chi connectivity index (χ3v) is 5.96. The number of fused-ring (bicyclic) bond motifs is 3. The van der Waals surface area contributed by atoms with E-state index in [2.05, 4.69) is 6.92 Å². The Hall–Kier alpha value is -2.62. The van der Waals surface area contributed by atoms with E-state index in [1.54, 1.807) is 0 Å². The van der Waals surface area contributed by atoms with Gasteiger partial charge in [-0.15, -0.1) is 0 Å². The Morgan fingerprint density at radius 1 is 1.30 bits per heavy atom. The average molecular weight is 408 g/mol. The Balaban J connectivity index is 1.61. The maximum atomic E-state index is 12.9. The van der Waals surface area contributed by atoms with Gasteiger partial charge in [0.15, 0.2) is 6.61 Å². The second kappa shape index (κ2) is 9.46. The number of hydrogen-bond acceptors (Lipinski definition) is 5. The van der Waals surface area contributed by atoms with Crippen molar-refractivity contribution in [2.45, 2.75) is 51.7 Å². The van der Waals surface area contributed by atoms with Crippen LogP contribution in [0.5, 0.6) is 5.75 Å². The molecule has 0 aliphatic carbocycles. The van der Waals surface area contributed by atoms with E-state index in [-0.39, 0.29) is 18.3 Å². The van der Waals surface area contributed by atoms with Crippen LogP contribution in [0, 0.1) is 11.3 Å². The molecule has 0 amide bonds. The van der Waals surface area contributed by atoms with E-state index in [0.29, 0.717) is 32.1 Å². The molecule has 4 rings (SSSR count). The van der Waals surface area contributed by atoms with Gasteiger partial charge in [-0.05, 0) is 67.0 Å². The van der Waals surface area contributed by atoms with Gasteiger partial charge in [-0.2, -0.15) is 5.26 Å². The quantitative estimate of drug-likeness (QED) is 0.703. The van der Waals surface area contributed by atoms with Crippen LogP contribution in [-0.2, 0) is 35.3 Å².